The van der Waals surface area contributed by atoms with Crippen LogP contribution in [0.4, 0.5) is 26.3 Å². The molecule has 4 rings (SSSR count). The Balaban J connectivity index is 1.98. The predicted octanol–water partition coefficient (Wildman–Crippen LogP) is 5.82. The molecule has 2 aromatic heterocycles. The minimum absolute atomic E-state index is 0.0125. The maximum absolute atomic E-state index is 14.2. The molecule has 1 N–H and O–H groups in total. The molecule has 1 saturated heterocycles. The number of nitrogens with one attached hydrogen (secondary N) is 1. The van der Waals surface area contributed by atoms with Gasteiger partial charge in [-0.2, -0.15) is 13.2 Å². The lowest BCUT2D eigenvalue weighted by atomic mass is 9.76. The number of aromatic nitrogens is 2. The van der Waals surface area contributed by atoms with Gasteiger partial charge in [-0.1, -0.05) is 13.0 Å². The maximum Gasteiger partial charge on any atom is 0.417 e. The zero-order valence-electron chi connectivity index (χ0n) is 18.2. The van der Waals surface area contributed by atoms with Crippen LogP contribution in [0.25, 0.3) is 10.9 Å². The SMILES string of the molecule is COc1c([C@H]2[C@H](c3cc(=O)c4cnccc4[nH]3)O[C@@](C)(C(F)(F)F)[C@H]2C)ccc(F)c1C(F)F. The minimum atomic E-state index is -4.83. The van der Waals surface area contributed by atoms with Crippen molar-refractivity contribution in [3.8, 4) is 5.75 Å². The van der Waals surface area contributed by atoms with Gasteiger partial charge in [-0.3, -0.25) is 9.78 Å². The van der Waals surface area contributed by atoms with Crippen LogP contribution in [0.5, 0.6) is 5.75 Å². The molecule has 1 fully saturated rings. The van der Waals surface area contributed by atoms with Gasteiger partial charge in [0.15, 0.2) is 11.0 Å². The summed E-state index contributed by atoms with van der Waals surface area (Å²) >= 11 is 0. The van der Waals surface area contributed by atoms with E-state index in [9.17, 15) is 31.1 Å². The second kappa shape index (κ2) is 8.30. The number of ether oxygens (including phenoxy) is 2. The molecule has 3 aromatic rings. The Morgan fingerprint density at radius 1 is 1.24 bits per heavy atom. The van der Waals surface area contributed by atoms with E-state index < -0.39 is 58.7 Å². The molecule has 4 atom stereocenters. The van der Waals surface area contributed by atoms with Gasteiger partial charge < -0.3 is 14.5 Å². The molecule has 34 heavy (non-hydrogen) atoms. The number of pyridine rings is 2. The Labute approximate surface area is 189 Å². The molecule has 3 heterocycles. The molecule has 11 heteroatoms. The molecule has 0 amide bonds. The molecule has 0 aliphatic carbocycles. The number of methoxy groups -OCH3 is 1. The van der Waals surface area contributed by atoms with E-state index in [0.29, 0.717) is 5.52 Å². The van der Waals surface area contributed by atoms with Gasteiger partial charge in [0, 0.05) is 41.6 Å². The Kier molecular flexibility index (Phi) is 5.87. The van der Waals surface area contributed by atoms with Crippen molar-refractivity contribution >= 4 is 10.9 Å². The Bertz CT molecular complexity index is 1290. The zero-order chi connectivity index (χ0) is 25.0. The monoisotopic (exact) mass is 486 g/mol. The standard InChI is InChI=1S/C23H20F6N2O3/c1-10-17(11-4-5-13(24)18(21(25)26)19(11)33-3)20(34-22(10,2)23(27,28)29)15-8-16(32)12-9-30-7-6-14(12)31-15/h4-10,17,20-21H,1-3H3,(H,31,32)/t10-,17-,20-,22+/m0/s1. The van der Waals surface area contributed by atoms with Crippen LogP contribution in [-0.4, -0.2) is 28.9 Å². The summed E-state index contributed by atoms with van der Waals surface area (Å²) in [6.07, 6.45) is -6.80. The van der Waals surface area contributed by atoms with E-state index in [4.69, 9.17) is 9.47 Å². The molecule has 0 saturated carbocycles. The topological polar surface area (TPSA) is 64.2 Å². The largest absolute Gasteiger partial charge is 0.496 e. The third-order valence-corrected chi connectivity index (χ3v) is 6.58. The number of alkyl halides is 5. The Morgan fingerprint density at radius 2 is 1.94 bits per heavy atom. The molecule has 182 valence electrons. The van der Waals surface area contributed by atoms with Gasteiger partial charge >= 0.3 is 6.18 Å². The highest BCUT2D eigenvalue weighted by Crippen LogP contribution is 2.59. The number of rotatable bonds is 4. The highest BCUT2D eigenvalue weighted by molar-refractivity contribution is 5.77. The summed E-state index contributed by atoms with van der Waals surface area (Å²) in [6, 6.07) is 4.45. The summed E-state index contributed by atoms with van der Waals surface area (Å²) in [4.78, 5) is 19.4. The summed E-state index contributed by atoms with van der Waals surface area (Å²) in [7, 11) is 1.04. The maximum atomic E-state index is 14.2. The molecule has 1 aliphatic rings. The quantitative estimate of drug-likeness (QED) is 0.472. The van der Waals surface area contributed by atoms with Gasteiger partial charge in [0.2, 0.25) is 0 Å². The normalized spacial score (nSPS) is 25.3. The predicted molar refractivity (Wildman–Crippen MR) is 110 cm³/mol. The van der Waals surface area contributed by atoms with Crippen molar-refractivity contribution in [1.82, 2.24) is 9.97 Å². The third kappa shape index (κ3) is 3.62. The van der Waals surface area contributed by atoms with E-state index in [2.05, 4.69) is 9.97 Å². The van der Waals surface area contributed by atoms with Crippen molar-refractivity contribution in [2.45, 2.75) is 44.1 Å². The molecule has 5 nitrogen and oxygen atoms in total. The average molecular weight is 486 g/mol. The fourth-order valence-corrected chi connectivity index (χ4v) is 4.61. The number of hydrogen-bond donors (Lipinski definition) is 1. The van der Waals surface area contributed by atoms with Gasteiger partial charge in [0.05, 0.1) is 23.6 Å². The number of hydrogen-bond acceptors (Lipinski definition) is 4. The number of fused-ring (bicyclic) bond motifs is 1. The van der Waals surface area contributed by atoms with Gasteiger partial charge in [0.1, 0.15) is 17.7 Å². The highest BCUT2D eigenvalue weighted by Gasteiger charge is 2.65. The van der Waals surface area contributed by atoms with Crippen LogP contribution in [0, 0.1) is 11.7 Å². The molecular weight excluding hydrogens is 466 g/mol. The number of halogens is 6. The van der Waals surface area contributed by atoms with Crippen LogP contribution < -0.4 is 10.2 Å². The first-order valence-corrected chi connectivity index (χ1v) is 10.3. The lowest BCUT2D eigenvalue weighted by Gasteiger charge is -2.32. The highest BCUT2D eigenvalue weighted by atomic mass is 19.4. The van der Waals surface area contributed by atoms with Crippen LogP contribution in [0.3, 0.4) is 0 Å². The van der Waals surface area contributed by atoms with Crippen molar-refractivity contribution in [3.63, 3.8) is 0 Å². The summed E-state index contributed by atoms with van der Waals surface area (Å²) in [5.74, 6) is -4.34. The molecule has 0 bridgehead atoms. The molecule has 1 aromatic carbocycles. The first-order valence-electron chi connectivity index (χ1n) is 10.3. The van der Waals surface area contributed by atoms with Gasteiger partial charge in [-0.05, 0) is 19.1 Å². The van der Waals surface area contributed by atoms with Gasteiger partial charge in [-0.15, -0.1) is 0 Å². The van der Waals surface area contributed by atoms with Crippen molar-refractivity contribution < 1.29 is 35.8 Å². The second-order valence-corrected chi connectivity index (χ2v) is 8.35. The number of benzene rings is 1. The third-order valence-electron chi connectivity index (χ3n) is 6.58. The minimum Gasteiger partial charge on any atom is -0.496 e. The molecular formula is C23H20F6N2O3. The number of aromatic amines is 1. The van der Waals surface area contributed by atoms with Crippen molar-refractivity contribution in [2.75, 3.05) is 7.11 Å². The van der Waals surface area contributed by atoms with Gasteiger partial charge in [-0.25, -0.2) is 13.2 Å². The Hall–Kier alpha value is -3.08. The molecule has 0 spiro atoms. The smallest absolute Gasteiger partial charge is 0.417 e. The number of H-pyrrole nitrogens is 1. The summed E-state index contributed by atoms with van der Waals surface area (Å²) < 4.78 is 94.6. The first-order chi connectivity index (χ1) is 15.9. The van der Waals surface area contributed by atoms with E-state index in [0.717, 1.165) is 32.2 Å². The van der Waals surface area contributed by atoms with E-state index in [1.165, 1.54) is 25.4 Å². The fourth-order valence-electron chi connectivity index (χ4n) is 4.61. The molecule has 0 radical (unpaired) electrons. The Morgan fingerprint density at radius 3 is 2.56 bits per heavy atom. The van der Waals surface area contributed by atoms with E-state index in [1.54, 1.807) is 0 Å². The van der Waals surface area contributed by atoms with Crippen LogP contribution in [0.15, 0.2) is 41.5 Å². The van der Waals surface area contributed by atoms with Crippen LogP contribution in [-0.2, 0) is 4.74 Å². The van der Waals surface area contributed by atoms with E-state index >= 15 is 0 Å². The molecule has 0 unspecified atom stereocenters. The average Bonchev–Trinajstić information content (AvgIpc) is 3.05. The number of nitrogens with zero attached hydrogens (tertiary/aromatic N) is 1. The summed E-state index contributed by atoms with van der Waals surface area (Å²) in [6.45, 7) is 2.13. The van der Waals surface area contributed by atoms with Gasteiger partial charge in [0.25, 0.3) is 6.43 Å². The summed E-state index contributed by atoms with van der Waals surface area (Å²) in [5, 5.41) is 0.215. The second-order valence-electron chi connectivity index (χ2n) is 8.35. The van der Waals surface area contributed by atoms with Crippen molar-refractivity contribution in [3.05, 3.63) is 69.5 Å². The summed E-state index contributed by atoms with van der Waals surface area (Å²) in [5.41, 5.74) is -4.01. The lowest BCUT2D eigenvalue weighted by molar-refractivity contribution is -0.275. The zero-order valence-corrected chi connectivity index (χ0v) is 18.2. The first kappa shape index (κ1) is 24.1. The molecule has 1 aliphatic heterocycles. The van der Waals surface area contributed by atoms with Crippen LogP contribution in [0.1, 0.15) is 49.1 Å². The van der Waals surface area contributed by atoms with Crippen molar-refractivity contribution in [2.24, 2.45) is 5.92 Å². The van der Waals surface area contributed by atoms with Crippen molar-refractivity contribution in [1.29, 1.82) is 0 Å². The fraction of sp³-hybridized carbons (Fsp3) is 0.391. The van der Waals surface area contributed by atoms with Crippen LogP contribution >= 0.6 is 0 Å². The van der Waals surface area contributed by atoms with E-state index in [-0.39, 0.29) is 16.6 Å². The van der Waals surface area contributed by atoms with Crippen LogP contribution in [0.2, 0.25) is 0 Å². The van der Waals surface area contributed by atoms with E-state index in [1.807, 2.05) is 0 Å². The lowest BCUT2D eigenvalue weighted by Crippen LogP contribution is -2.46.